The van der Waals surface area contributed by atoms with E-state index in [-0.39, 0.29) is 18.4 Å². The number of carbonyl (C=O) groups excluding carboxylic acids is 2. The van der Waals surface area contributed by atoms with Crippen LogP contribution >= 0.6 is 11.6 Å². The number of carbonyl (C=O) groups is 2. The average molecular weight is 344 g/mol. The van der Waals surface area contributed by atoms with Crippen LogP contribution in [0, 0.1) is 0 Å². The van der Waals surface area contributed by atoms with E-state index >= 15 is 0 Å². The number of fused-ring (bicyclic) bond motifs is 1. The van der Waals surface area contributed by atoms with Crippen molar-refractivity contribution in [2.75, 3.05) is 11.9 Å². The summed E-state index contributed by atoms with van der Waals surface area (Å²) in [6.07, 6.45) is 1.66. The minimum absolute atomic E-state index is 0.00368. The van der Waals surface area contributed by atoms with Gasteiger partial charge in [-0.3, -0.25) is 14.6 Å². The number of nitrogens with one attached hydrogen (secondary N) is 1. The Labute approximate surface area is 145 Å². The summed E-state index contributed by atoms with van der Waals surface area (Å²) in [6, 6.07) is 8.77. The molecule has 1 aromatic carbocycles. The Hall–Kier alpha value is -2.40. The van der Waals surface area contributed by atoms with Gasteiger partial charge in [0.15, 0.2) is 0 Å². The lowest BCUT2D eigenvalue weighted by atomic mass is 10.0. The number of anilines is 1. The summed E-state index contributed by atoms with van der Waals surface area (Å²) in [5, 5.41) is 3.27. The largest absolute Gasteiger partial charge is 0.324 e. The monoisotopic (exact) mass is 343 g/mol. The lowest BCUT2D eigenvalue weighted by Crippen LogP contribution is -2.47. The number of hydrogen-bond donors (Lipinski definition) is 1. The predicted octanol–water partition coefficient (Wildman–Crippen LogP) is 3.59. The lowest BCUT2D eigenvalue weighted by Gasteiger charge is -2.34. The van der Waals surface area contributed by atoms with Crippen LogP contribution in [0.1, 0.15) is 31.1 Å². The zero-order valence-electron chi connectivity index (χ0n) is 13.8. The van der Waals surface area contributed by atoms with Crippen LogP contribution in [0.3, 0.4) is 0 Å². The number of benzene rings is 1. The van der Waals surface area contributed by atoms with Crippen molar-refractivity contribution in [2.24, 2.45) is 0 Å². The fraction of sp³-hybridized carbons (Fsp3) is 0.278. The van der Waals surface area contributed by atoms with Gasteiger partial charge in [0, 0.05) is 22.3 Å². The minimum atomic E-state index is -0.483. The molecule has 0 fully saturated rings. The minimum Gasteiger partial charge on any atom is -0.324 e. The Balaban J connectivity index is 2.23. The third kappa shape index (κ3) is 2.99. The summed E-state index contributed by atoms with van der Waals surface area (Å²) >= 11 is 6.24. The van der Waals surface area contributed by atoms with Crippen LogP contribution in [0.4, 0.5) is 5.69 Å². The van der Waals surface area contributed by atoms with E-state index in [0.717, 1.165) is 0 Å². The number of rotatable bonds is 1. The van der Waals surface area contributed by atoms with E-state index in [4.69, 9.17) is 11.6 Å². The van der Waals surface area contributed by atoms with Crippen LogP contribution in [0.2, 0.25) is 5.02 Å². The van der Waals surface area contributed by atoms with E-state index in [2.05, 4.69) is 10.3 Å². The second-order valence-electron chi connectivity index (χ2n) is 6.70. The van der Waals surface area contributed by atoms with Gasteiger partial charge in [-0.05, 0) is 45.0 Å². The van der Waals surface area contributed by atoms with Crippen LogP contribution < -0.4 is 5.32 Å². The molecule has 1 aliphatic rings. The molecule has 24 heavy (non-hydrogen) atoms. The van der Waals surface area contributed by atoms with Crippen molar-refractivity contribution >= 4 is 29.1 Å². The van der Waals surface area contributed by atoms with Crippen molar-refractivity contribution in [1.82, 2.24) is 9.88 Å². The molecule has 0 bridgehead atoms. The van der Waals surface area contributed by atoms with Gasteiger partial charge in [-0.15, -0.1) is 0 Å². The van der Waals surface area contributed by atoms with E-state index in [1.165, 1.54) is 0 Å². The number of hydrogen-bond acceptors (Lipinski definition) is 3. The summed E-state index contributed by atoms with van der Waals surface area (Å²) in [5.41, 5.74) is 1.64. The molecule has 0 unspecified atom stereocenters. The highest BCUT2D eigenvalue weighted by Crippen LogP contribution is 2.36. The first-order valence-electron chi connectivity index (χ1n) is 7.64. The quantitative estimate of drug-likeness (QED) is 0.860. The molecule has 0 aliphatic carbocycles. The molecule has 0 atom stereocenters. The third-order valence-corrected chi connectivity index (χ3v) is 4.11. The fourth-order valence-electron chi connectivity index (χ4n) is 2.72. The van der Waals surface area contributed by atoms with E-state index in [9.17, 15) is 9.59 Å². The average Bonchev–Trinajstić information content (AvgIpc) is 2.65. The first-order valence-corrected chi connectivity index (χ1v) is 8.02. The number of halogens is 1. The number of aromatic nitrogens is 1. The predicted molar refractivity (Wildman–Crippen MR) is 94.1 cm³/mol. The molecule has 0 saturated carbocycles. The molecule has 6 heteroatoms. The molecular weight excluding hydrogens is 326 g/mol. The SMILES string of the molecule is CC(C)(C)N1CC(=O)Nc2c(cc(Cl)cc2-c2ccccn2)C1=O. The Kier molecular flexibility index (Phi) is 4.05. The molecule has 1 N–H and O–H groups in total. The Bertz CT molecular complexity index is 813. The highest BCUT2D eigenvalue weighted by atomic mass is 35.5. The van der Waals surface area contributed by atoms with Crippen molar-refractivity contribution in [2.45, 2.75) is 26.3 Å². The van der Waals surface area contributed by atoms with Gasteiger partial charge in [-0.1, -0.05) is 17.7 Å². The van der Waals surface area contributed by atoms with Crippen molar-refractivity contribution in [3.8, 4) is 11.3 Å². The highest BCUT2D eigenvalue weighted by molar-refractivity contribution is 6.32. The number of amides is 2. The van der Waals surface area contributed by atoms with Crippen LogP contribution in [-0.2, 0) is 4.79 Å². The van der Waals surface area contributed by atoms with E-state index in [1.54, 1.807) is 29.3 Å². The van der Waals surface area contributed by atoms with Crippen molar-refractivity contribution in [3.63, 3.8) is 0 Å². The summed E-state index contributed by atoms with van der Waals surface area (Å²) in [4.78, 5) is 31.2. The van der Waals surface area contributed by atoms with Gasteiger partial charge in [0.1, 0.15) is 6.54 Å². The molecule has 124 valence electrons. The molecule has 2 amide bonds. The van der Waals surface area contributed by atoms with Gasteiger partial charge in [0.05, 0.1) is 16.9 Å². The standard InChI is InChI=1S/C18H18ClN3O2/c1-18(2,3)22-10-15(23)21-16-12(14-6-4-5-7-20-14)8-11(19)9-13(16)17(22)24/h4-9H,10H2,1-3H3,(H,21,23). The number of nitrogens with zero attached hydrogens (tertiary/aromatic N) is 2. The smallest absolute Gasteiger partial charge is 0.256 e. The second-order valence-corrected chi connectivity index (χ2v) is 7.14. The summed E-state index contributed by atoms with van der Waals surface area (Å²) in [7, 11) is 0. The zero-order chi connectivity index (χ0) is 17.5. The zero-order valence-corrected chi connectivity index (χ0v) is 14.5. The molecule has 0 spiro atoms. The highest BCUT2D eigenvalue weighted by Gasteiger charge is 2.34. The molecule has 1 aliphatic heterocycles. The van der Waals surface area contributed by atoms with Gasteiger partial charge < -0.3 is 10.2 Å². The Morgan fingerprint density at radius 2 is 1.88 bits per heavy atom. The van der Waals surface area contributed by atoms with Gasteiger partial charge in [0.2, 0.25) is 5.91 Å². The molecule has 2 aromatic rings. The third-order valence-electron chi connectivity index (χ3n) is 3.90. The summed E-state index contributed by atoms with van der Waals surface area (Å²) in [6.45, 7) is 5.68. The Morgan fingerprint density at radius 1 is 1.17 bits per heavy atom. The van der Waals surface area contributed by atoms with Crippen LogP contribution in [0.25, 0.3) is 11.3 Å². The maximum absolute atomic E-state index is 13.0. The summed E-state index contributed by atoms with van der Waals surface area (Å²) < 4.78 is 0. The molecule has 1 aromatic heterocycles. The first-order chi connectivity index (χ1) is 11.3. The normalized spacial score (nSPS) is 14.9. The van der Waals surface area contributed by atoms with Crippen LogP contribution in [-0.4, -0.2) is 33.8 Å². The van der Waals surface area contributed by atoms with Gasteiger partial charge in [-0.25, -0.2) is 0 Å². The topological polar surface area (TPSA) is 62.3 Å². The van der Waals surface area contributed by atoms with Crippen LogP contribution in [0.15, 0.2) is 36.5 Å². The maximum Gasteiger partial charge on any atom is 0.256 e. The second kappa shape index (κ2) is 5.91. The van der Waals surface area contributed by atoms with Crippen molar-refractivity contribution < 1.29 is 9.59 Å². The van der Waals surface area contributed by atoms with Gasteiger partial charge >= 0.3 is 0 Å². The Morgan fingerprint density at radius 3 is 2.50 bits per heavy atom. The van der Waals surface area contributed by atoms with E-state index in [0.29, 0.717) is 27.5 Å². The molecule has 3 rings (SSSR count). The molecular formula is C18H18ClN3O2. The molecule has 0 radical (unpaired) electrons. The van der Waals surface area contributed by atoms with E-state index in [1.807, 2.05) is 32.9 Å². The molecule has 5 nitrogen and oxygen atoms in total. The molecule has 0 saturated heterocycles. The van der Waals surface area contributed by atoms with Gasteiger partial charge in [0.25, 0.3) is 5.91 Å². The van der Waals surface area contributed by atoms with Crippen molar-refractivity contribution in [1.29, 1.82) is 0 Å². The van der Waals surface area contributed by atoms with Crippen molar-refractivity contribution in [3.05, 3.63) is 47.1 Å². The summed E-state index contributed by atoms with van der Waals surface area (Å²) in [5.74, 6) is -0.466. The maximum atomic E-state index is 13.0. The van der Waals surface area contributed by atoms with E-state index < -0.39 is 5.54 Å². The lowest BCUT2D eigenvalue weighted by molar-refractivity contribution is -0.117. The fourth-order valence-corrected chi connectivity index (χ4v) is 2.93. The number of pyridine rings is 1. The first kappa shape index (κ1) is 16.5. The van der Waals surface area contributed by atoms with Crippen LogP contribution in [0.5, 0.6) is 0 Å². The molecule has 2 heterocycles. The van der Waals surface area contributed by atoms with Gasteiger partial charge in [-0.2, -0.15) is 0 Å².